The molecule has 0 aliphatic carbocycles. The summed E-state index contributed by atoms with van der Waals surface area (Å²) >= 11 is 0. The van der Waals surface area contributed by atoms with Crippen LogP contribution in [0.1, 0.15) is 15.9 Å². The van der Waals surface area contributed by atoms with Gasteiger partial charge in [-0.05, 0) is 23.8 Å². The van der Waals surface area contributed by atoms with Gasteiger partial charge in [0.15, 0.2) is 6.29 Å². The Morgan fingerprint density at radius 1 is 0.952 bits per heavy atom. The highest BCUT2D eigenvalue weighted by Crippen LogP contribution is 2.30. The van der Waals surface area contributed by atoms with Crippen LogP contribution >= 0.6 is 0 Å². The molecule has 0 aliphatic heterocycles. The predicted octanol–water partition coefficient (Wildman–Crippen LogP) is 4.37. The summed E-state index contributed by atoms with van der Waals surface area (Å²) in [6.07, 6.45) is 0.719. The number of hydrogen-bond acceptors (Lipinski definition) is 2. The molecule has 0 aromatic heterocycles. The van der Waals surface area contributed by atoms with Gasteiger partial charge in [0, 0.05) is 16.3 Å². The molecule has 0 unspecified atom stereocenters. The van der Waals surface area contributed by atoms with E-state index < -0.39 is 0 Å². The average molecular weight is 280 g/mol. The molecule has 0 saturated heterocycles. The van der Waals surface area contributed by atoms with Crippen molar-refractivity contribution in [3.05, 3.63) is 77.6 Å². The summed E-state index contributed by atoms with van der Waals surface area (Å²) in [6, 6.07) is 17.6. The molecule has 0 bridgehead atoms. The first-order chi connectivity index (χ1) is 10.3. The minimum absolute atomic E-state index is 0.360. The maximum absolute atomic E-state index is 13.9. The van der Waals surface area contributed by atoms with Crippen molar-refractivity contribution in [3.8, 4) is 5.75 Å². The summed E-state index contributed by atoms with van der Waals surface area (Å²) in [5.41, 5.74) is 1.44. The molecule has 0 spiro atoms. The summed E-state index contributed by atoms with van der Waals surface area (Å²) < 4.78 is 19.7. The van der Waals surface area contributed by atoms with Crippen molar-refractivity contribution in [1.82, 2.24) is 0 Å². The molecule has 3 rings (SSSR count). The lowest BCUT2D eigenvalue weighted by Crippen LogP contribution is -1.97. The standard InChI is InChI=1S/C18H13FO2/c19-16-10-9-14(11-20)18-15(16)7-4-8-17(18)21-12-13-5-2-1-3-6-13/h1-11H,12H2. The Kier molecular flexibility index (Phi) is 3.65. The number of carbonyl (C=O) groups excluding carboxylic acids is 1. The van der Waals surface area contributed by atoms with E-state index in [0.717, 1.165) is 11.8 Å². The van der Waals surface area contributed by atoms with Crippen molar-refractivity contribution in [2.24, 2.45) is 0 Å². The van der Waals surface area contributed by atoms with Crippen LogP contribution in [0.4, 0.5) is 4.39 Å². The van der Waals surface area contributed by atoms with E-state index in [1.54, 1.807) is 18.2 Å². The summed E-state index contributed by atoms with van der Waals surface area (Å²) in [5, 5.41) is 0.911. The maximum Gasteiger partial charge on any atom is 0.150 e. The largest absolute Gasteiger partial charge is 0.488 e. The van der Waals surface area contributed by atoms with Gasteiger partial charge in [-0.2, -0.15) is 0 Å². The molecule has 104 valence electrons. The normalized spacial score (nSPS) is 10.5. The van der Waals surface area contributed by atoms with Gasteiger partial charge in [0.25, 0.3) is 0 Å². The molecule has 3 aromatic carbocycles. The zero-order chi connectivity index (χ0) is 14.7. The average Bonchev–Trinajstić information content (AvgIpc) is 2.54. The Labute approximate surface area is 121 Å². The van der Waals surface area contributed by atoms with Crippen molar-refractivity contribution in [2.75, 3.05) is 0 Å². The molecule has 0 N–H and O–H groups in total. The van der Waals surface area contributed by atoms with Crippen LogP contribution < -0.4 is 4.74 Å². The van der Waals surface area contributed by atoms with Crippen LogP contribution in [-0.2, 0) is 6.61 Å². The molecule has 0 atom stereocenters. The maximum atomic E-state index is 13.9. The molecular formula is C18H13FO2. The molecule has 0 amide bonds. The molecule has 3 aromatic rings. The van der Waals surface area contributed by atoms with Crippen LogP contribution in [0.25, 0.3) is 10.8 Å². The van der Waals surface area contributed by atoms with Gasteiger partial charge < -0.3 is 4.74 Å². The highest BCUT2D eigenvalue weighted by atomic mass is 19.1. The van der Waals surface area contributed by atoms with Crippen LogP contribution in [0.2, 0.25) is 0 Å². The SMILES string of the molecule is O=Cc1ccc(F)c2cccc(OCc3ccccc3)c12. The van der Waals surface area contributed by atoms with Crippen molar-refractivity contribution in [3.63, 3.8) is 0 Å². The summed E-state index contributed by atoms with van der Waals surface area (Å²) in [7, 11) is 0. The van der Waals surface area contributed by atoms with Crippen molar-refractivity contribution >= 4 is 17.1 Å². The molecule has 0 fully saturated rings. The van der Waals surface area contributed by atoms with E-state index in [1.165, 1.54) is 12.1 Å². The van der Waals surface area contributed by atoms with Crippen LogP contribution in [0, 0.1) is 5.82 Å². The van der Waals surface area contributed by atoms with Gasteiger partial charge in [-0.15, -0.1) is 0 Å². The number of fused-ring (bicyclic) bond motifs is 1. The summed E-state index contributed by atoms with van der Waals surface area (Å²) in [4.78, 5) is 11.2. The number of benzene rings is 3. The first kappa shape index (κ1) is 13.3. The fourth-order valence-electron chi connectivity index (χ4n) is 2.32. The minimum atomic E-state index is -0.360. The Morgan fingerprint density at radius 3 is 2.52 bits per heavy atom. The quantitative estimate of drug-likeness (QED) is 0.663. The van der Waals surface area contributed by atoms with Crippen molar-refractivity contribution in [1.29, 1.82) is 0 Å². The first-order valence-corrected chi connectivity index (χ1v) is 6.63. The van der Waals surface area contributed by atoms with Crippen LogP contribution in [0.3, 0.4) is 0 Å². The highest BCUT2D eigenvalue weighted by molar-refractivity contribution is 6.01. The van der Waals surface area contributed by atoms with E-state index in [1.807, 2.05) is 30.3 Å². The van der Waals surface area contributed by atoms with E-state index in [2.05, 4.69) is 0 Å². The molecule has 3 heteroatoms. The Bertz CT molecular complexity index is 782. The zero-order valence-electron chi connectivity index (χ0n) is 11.3. The van der Waals surface area contributed by atoms with Crippen LogP contribution in [0.15, 0.2) is 60.7 Å². The second-order valence-corrected chi connectivity index (χ2v) is 4.71. The second kappa shape index (κ2) is 5.75. The number of rotatable bonds is 4. The van der Waals surface area contributed by atoms with Crippen LogP contribution in [-0.4, -0.2) is 6.29 Å². The van der Waals surface area contributed by atoms with Gasteiger partial charge in [0.05, 0.1) is 0 Å². The fourth-order valence-corrected chi connectivity index (χ4v) is 2.32. The third-order valence-electron chi connectivity index (χ3n) is 3.35. The van der Waals surface area contributed by atoms with Gasteiger partial charge in [-0.3, -0.25) is 4.79 Å². The Hall–Kier alpha value is -2.68. The number of aldehydes is 1. The first-order valence-electron chi connectivity index (χ1n) is 6.63. The van der Waals surface area contributed by atoms with E-state index in [4.69, 9.17) is 4.74 Å². The van der Waals surface area contributed by atoms with Gasteiger partial charge in [0.1, 0.15) is 18.2 Å². The molecule has 0 heterocycles. The topological polar surface area (TPSA) is 26.3 Å². The predicted molar refractivity (Wildman–Crippen MR) is 80.1 cm³/mol. The lowest BCUT2D eigenvalue weighted by Gasteiger charge is -2.11. The van der Waals surface area contributed by atoms with Gasteiger partial charge in [0.2, 0.25) is 0 Å². The third kappa shape index (κ3) is 2.63. The number of ether oxygens (including phenoxy) is 1. The lowest BCUT2D eigenvalue weighted by molar-refractivity contribution is 0.112. The molecule has 2 nitrogen and oxygen atoms in total. The van der Waals surface area contributed by atoms with Crippen LogP contribution in [0.5, 0.6) is 5.75 Å². The smallest absolute Gasteiger partial charge is 0.150 e. The number of halogens is 1. The van der Waals surface area contributed by atoms with Crippen molar-refractivity contribution in [2.45, 2.75) is 6.61 Å². The second-order valence-electron chi connectivity index (χ2n) is 4.71. The molecule has 0 radical (unpaired) electrons. The Balaban J connectivity index is 2.02. The van der Waals surface area contributed by atoms with E-state index in [9.17, 15) is 9.18 Å². The summed E-state index contributed by atoms with van der Waals surface area (Å²) in [6.45, 7) is 0.370. The van der Waals surface area contributed by atoms with E-state index >= 15 is 0 Å². The molecular weight excluding hydrogens is 267 g/mol. The Morgan fingerprint density at radius 2 is 1.76 bits per heavy atom. The highest BCUT2D eigenvalue weighted by Gasteiger charge is 2.10. The summed E-state index contributed by atoms with van der Waals surface area (Å²) in [5.74, 6) is 0.152. The monoisotopic (exact) mass is 280 g/mol. The minimum Gasteiger partial charge on any atom is -0.488 e. The van der Waals surface area contributed by atoms with Gasteiger partial charge >= 0.3 is 0 Å². The molecule has 0 aliphatic rings. The van der Waals surface area contributed by atoms with E-state index in [-0.39, 0.29) is 5.82 Å². The van der Waals surface area contributed by atoms with Crippen molar-refractivity contribution < 1.29 is 13.9 Å². The molecule has 21 heavy (non-hydrogen) atoms. The van der Waals surface area contributed by atoms with Gasteiger partial charge in [-0.25, -0.2) is 4.39 Å². The van der Waals surface area contributed by atoms with Gasteiger partial charge in [-0.1, -0.05) is 42.5 Å². The lowest BCUT2D eigenvalue weighted by atomic mass is 10.0. The van der Waals surface area contributed by atoms with E-state index in [0.29, 0.717) is 28.7 Å². The number of carbonyl (C=O) groups is 1. The fraction of sp³-hybridized carbons (Fsp3) is 0.0556. The number of hydrogen-bond donors (Lipinski definition) is 0. The third-order valence-corrected chi connectivity index (χ3v) is 3.35. The zero-order valence-corrected chi connectivity index (χ0v) is 11.3. The molecule has 0 saturated carbocycles.